The van der Waals surface area contributed by atoms with Gasteiger partial charge in [-0.25, -0.2) is 5.06 Å². The van der Waals surface area contributed by atoms with Crippen LogP contribution in [0.4, 0.5) is 0 Å². The van der Waals surface area contributed by atoms with Crippen LogP contribution in [-0.4, -0.2) is 67.8 Å². The van der Waals surface area contributed by atoms with Crippen LogP contribution in [0.5, 0.6) is 5.75 Å². The van der Waals surface area contributed by atoms with E-state index in [4.69, 9.17) is 14.9 Å². The maximum absolute atomic E-state index is 12.5. The van der Waals surface area contributed by atoms with Gasteiger partial charge in [0.25, 0.3) is 11.8 Å². The van der Waals surface area contributed by atoms with E-state index in [1.807, 2.05) is 6.92 Å². The Bertz CT molecular complexity index is 1060. The van der Waals surface area contributed by atoms with Crippen molar-refractivity contribution in [3.8, 4) is 17.1 Å². The number of rotatable bonds is 16. The number of methoxy groups -OCH3 is 1. The number of nitrogens with zero attached hydrogens (tertiary/aromatic N) is 1. The van der Waals surface area contributed by atoms with Gasteiger partial charge in [-0.2, -0.15) is 0 Å². The average Bonchev–Trinajstić information content (AvgIpc) is 3.41. The first-order chi connectivity index (χ1) is 17.8. The van der Waals surface area contributed by atoms with E-state index in [-0.39, 0.29) is 31.3 Å². The minimum atomic E-state index is -0.613. The summed E-state index contributed by atoms with van der Waals surface area (Å²) in [6.45, 7) is 2.35. The number of unbranched alkanes of at least 4 members (excludes halogenated alkanes) is 2. The van der Waals surface area contributed by atoms with E-state index < -0.39 is 17.7 Å². The van der Waals surface area contributed by atoms with Gasteiger partial charge >= 0.3 is 0 Å². The highest BCUT2D eigenvalue weighted by Gasteiger charge is 2.21. The summed E-state index contributed by atoms with van der Waals surface area (Å²) in [7, 11) is 1.47. The molecule has 202 valence electrons. The van der Waals surface area contributed by atoms with Gasteiger partial charge < -0.3 is 30.8 Å². The third-order valence-corrected chi connectivity index (χ3v) is 5.52. The summed E-state index contributed by atoms with van der Waals surface area (Å²) in [5, 5.41) is 17.7. The van der Waals surface area contributed by atoms with E-state index in [9.17, 15) is 24.4 Å². The smallest absolute Gasteiger partial charge is 0.288 e. The quantitative estimate of drug-likeness (QED) is 0.0731. The number of benzene rings is 1. The summed E-state index contributed by atoms with van der Waals surface area (Å²) in [4.78, 5) is 48.1. The molecule has 0 aliphatic carbocycles. The third kappa shape index (κ3) is 9.24. The Balaban J connectivity index is 2.01. The molecule has 0 spiro atoms. The normalized spacial score (nSPS) is 11.4. The molecule has 12 heteroatoms. The maximum atomic E-state index is 12.5. The second-order valence-electron chi connectivity index (χ2n) is 8.30. The summed E-state index contributed by atoms with van der Waals surface area (Å²) in [5.74, 6) is -1.11. The molecule has 0 radical (unpaired) electrons. The van der Waals surface area contributed by atoms with E-state index in [0.717, 1.165) is 19.3 Å². The van der Waals surface area contributed by atoms with E-state index >= 15 is 0 Å². The second kappa shape index (κ2) is 15.3. The molecule has 1 heterocycles. The first-order valence-corrected chi connectivity index (χ1v) is 12.1. The van der Waals surface area contributed by atoms with Crippen LogP contribution < -0.4 is 26.4 Å². The van der Waals surface area contributed by atoms with E-state index in [2.05, 4.69) is 16.0 Å². The van der Waals surface area contributed by atoms with Gasteiger partial charge in [0.1, 0.15) is 11.5 Å². The molecule has 2 rings (SSSR count). The molecular formula is C25H35N5O7. The number of hydroxylamine groups is 2. The number of amides is 4. The Kier molecular flexibility index (Phi) is 12.1. The zero-order chi connectivity index (χ0) is 27.2. The van der Waals surface area contributed by atoms with Gasteiger partial charge in [-0.3, -0.25) is 24.4 Å². The topological polar surface area (TPSA) is 176 Å². The Morgan fingerprint density at radius 2 is 1.92 bits per heavy atom. The lowest BCUT2D eigenvalue weighted by molar-refractivity contribution is -0.154. The summed E-state index contributed by atoms with van der Waals surface area (Å²) in [5.41, 5.74) is 6.31. The zero-order valence-corrected chi connectivity index (χ0v) is 21.1. The number of nitrogens with one attached hydrogen (secondary N) is 3. The highest BCUT2D eigenvalue weighted by atomic mass is 16.5. The van der Waals surface area contributed by atoms with Gasteiger partial charge in [0.15, 0.2) is 5.76 Å². The Hall–Kier alpha value is -3.90. The van der Waals surface area contributed by atoms with Gasteiger partial charge in [-0.15, -0.1) is 0 Å². The number of ether oxygens (including phenoxy) is 1. The lowest BCUT2D eigenvalue weighted by Gasteiger charge is -2.19. The summed E-state index contributed by atoms with van der Waals surface area (Å²) in [6.07, 6.45) is 3.39. The zero-order valence-electron chi connectivity index (χ0n) is 21.1. The molecule has 0 fully saturated rings. The monoisotopic (exact) mass is 517 g/mol. The molecule has 2 aromatic rings. The first kappa shape index (κ1) is 29.3. The first-order valence-electron chi connectivity index (χ1n) is 12.1. The average molecular weight is 518 g/mol. The van der Waals surface area contributed by atoms with Crippen LogP contribution in [0.1, 0.15) is 53.5 Å². The van der Waals surface area contributed by atoms with Crippen LogP contribution in [0.3, 0.4) is 0 Å². The molecule has 0 saturated heterocycles. The predicted molar refractivity (Wildman–Crippen MR) is 135 cm³/mol. The number of carbonyl (C=O) groups is 4. The van der Waals surface area contributed by atoms with Gasteiger partial charge in [-0.1, -0.05) is 26.2 Å². The standard InChI is InChI=1S/C25H35N5O7/c1-3-4-5-6-17(14-30(35)16-31)23(32)28-15-29-25(34)22-8-7-21(37-22)18-11-19(13-20(12-18)36-2)24(33)27-10-9-26/h7-8,11-13,16-17,35H,3-6,9-10,14-15,26H2,1-2H3,(H,27,33)(H,28,32)(H,29,34)/t17-/m1/s1. The predicted octanol–water partition coefficient (Wildman–Crippen LogP) is 1.49. The Morgan fingerprint density at radius 1 is 1.14 bits per heavy atom. The molecular weight excluding hydrogens is 482 g/mol. The number of nitrogens with two attached hydrogens (primary N) is 1. The summed E-state index contributed by atoms with van der Waals surface area (Å²) in [6, 6.07) is 7.92. The fraction of sp³-hybridized carbons (Fsp3) is 0.440. The highest BCUT2D eigenvalue weighted by Crippen LogP contribution is 2.28. The van der Waals surface area contributed by atoms with Crippen LogP contribution >= 0.6 is 0 Å². The minimum Gasteiger partial charge on any atom is -0.497 e. The Morgan fingerprint density at radius 3 is 2.59 bits per heavy atom. The molecule has 0 unspecified atom stereocenters. The van der Waals surface area contributed by atoms with E-state index in [1.165, 1.54) is 13.2 Å². The molecule has 0 aliphatic heterocycles. The van der Waals surface area contributed by atoms with Gasteiger partial charge in [0.2, 0.25) is 12.3 Å². The van der Waals surface area contributed by atoms with Crippen molar-refractivity contribution >= 4 is 24.1 Å². The molecule has 6 N–H and O–H groups in total. The lowest BCUT2D eigenvalue weighted by atomic mass is 10.0. The van der Waals surface area contributed by atoms with Crippen molar-refractivity contribution in [3.63, 3.8) is 0 Å². The fourth-order valence-electron chi connectivity index (χ4n) is 3.55. The van der Waals surface area contributed by atoms with Crippen molar-refractivity contribution < 1.29 is 33.5 Å². The van der Waals surface area contributed by atoms with Crippen LogP contribution in [0.15, 0.2) is 34.7 Å². The van der Waals surface area contributed by atoms with Crippen molar-refractivity contribution in [2.45, 2.75) is 32.6 Å². The number of furan rings is 1. The molecule has 4 amide bonds. The van der Waals surface area contributed by atoms with Gasteiger partial charge in [0.05, 0.1) is 26.2 Å². The van der Waals surface area contributed by atoms with Gasteiger partial charge in [-0.05, 0) is 36.8 Å². The van der Waals surface area contributed by atoms with E-state index in [0.29, 0.717) is 47.2 Å². The van der Waals surface area contributed by atoms with Crippen molar-refractivity contribution in [1.82, 2.24) is 21.0 Å². The third-order valence-electron chi connectivity index (χ3n) is 5.52. The van der Waals surface area contributed by atoms with Crippen molar-refractivity contribution in [2.24, 2.45) is 11.7 Å². The highest BCUT2D eigenvalue weighted by molar-refractivity contribution is 5.96. The molecule has 1 aromatic carbocycles. The molecule has 1 atom stereocenters. The fourth-order valence-corrected chi connectivity index (χ4v) is 3.55. The van der Waals surface area contributed by atoms with Crippen LogP contribution in [-0.2, 0) is 9.59 Å². The summed E-state index contributed by atoms with van der Waals surface area (Å²) < 4.78 is 11.0. The van der Waals surface area contributed by atoms with Crippen LogP contribution in [0.2, 0.25) is 0 Å². The van der Waals surface area contributed by atoms with Crippen molar-refractivity contribution in [1.29, 1.82) is 0 Å². The largest absolute Gasteiger partial charge is 0.497 e. The summed E-state index contributed by atoms with van der Waals surface area (Å²) >= 11 is 0. The van der Waals surface area contributed by atoms with Crippen molar-refractivity contribution in [2.75, 3.05) is 33.4 Å². The molecule has 0 aliphatic rings. The second-order valence-corrected chi connectivity index (χ2v) is 8.30. The molecule has 37 heavy (non-hydrogen) atoms. The molecule has 0 saturated carbocycles. The Labute approximate surface area is 215 Å². The molecule has 0 bridgehead atoms. The van der Waals surface area contributed by atoms with E-state index in [1.54, 1.807) is 24.3 Å². The van der Waals surface area contributed by atoms with Crippen LogP contribution in [0, 0.1) is 5.92 Å². The van der Waals surface area contributed by atoms with Crippen molar-refractivity contribution in [3.05, 3.63) is 41.7 Å². The minimum absolute atomic E-state index is 0.00295. The molecule has 12 nitrogen and oxygen atoms in total. The number of hydrogen-bond donors (Lipinski definition) is 5. The number of hydrogen-bond acceptors (Lipinski definition) is 8. The lowest BCUT2D eigenvalue weighted by Crippen LogP contribution is -2.42. The SMILES string of the molecule is CCCCC[C@H](CN(O)C=O)C(=O)NCNC(=O)c1ccc(-c2cc(OC)cc(C(=O)NCCN)c2)o1. The number of carbonyl (C=O) groups excluding carboxylic acids is 4. The van der Waals surface area contributed by atoms with Crippen LogP contribution in [0.25, 0.3) is 11.3 Å². The molecule has 1 aromatic heterocycles. The van der Waals surface area contributed by atoms with Gasteiger partial charge in [0, 0.05) is 24.2 Å². The maximum Gasteiger partial charge on any atom is 0.288 e.